The van der Waals surface area contributed by atoms with Crippen LogP contribution in [0.25, 0.3) is 0 Å². The van der Waals surface area contributed by atoms with Crippen LogP contribution in [0.1, 0.15) is 32.9 Å². The van der Waals surface area contributed by atoms with Crippen LogP contribution < -0.4 is 11.2 Å². The highest BCUT2D eigenvalue weighted by Gasteiger charge is 2.37. The lowest BCUT2D eigenvalue weighted by Crippen LogP contribution is -2.32. The van der Waals surface area contributed by atoms with Crippen molar-refractivity contribution in [2.75, 3.05) is 0 Å². The molecule has 0 bridgehead atoms. The summed E-state index contributed by atoms with van der Waals surface area (Å²) >= 11 is 3.07. The Morgan fingerprint density at radius 3 is 2.90 bits per heavy atom. The van der Waals surface area contributed by atoms with Crippen LogP contribution in [0.3, 0.4) is 0 Å². The molecule has 0 saturated carbocycles. The topological polar surface area (TPSA) is 90.4 Å². The van der Waals surface area contributed by atoms with Crippen LogP contribution in [0.2, 0.25) is 0 Å². The SMILES string of the molecule is CC[C@H]1O[C@@H](n2cc(Br)c(=O)[nH]c2=O)CC1OC(C)=O. The van der Waals surface area contributed by atoms with E-state index in [1.807, 2.05) is 6.92 Å². The van der Waals surface area contributed by atoms with E-state index >= 15 is 0 Å². The van der Waals surface area contributed by atoms with Gasteiger partial charge in [0.1, 0.15) is 12.3 Å². The Kier molecular flexibility index (Phi) is 4.44. The average Bonchev–Trinajstić information content (AvgIpc) is 2.75. The molecular formula is C12H15BrN2O5. The minimum absolute atomic E-state index is 0.240. The smallest absolute Gasteiger partial charge is 0.330 e. The minimum Gasteiger partial charge on any atom is -0.460 e. The van der Waals surface area contributed by atoms with Gasteiger partial charge in [0, 0.05) is 19.5 Å². The Morgan fingerprint density at radius 2 is 2.30 bits per heavy atom. The number of aromatic nitrogens is 2. The van der Waals surface area contributed by atoms with E-state index in [4.69, 9.17) is 9.47 Å². The summed E-state index contributed by atoms with van der Waals surface area (Å²) in [6.45, 7) is 3.25. The lowest BCUT2D eigenvalue weighted by atomic mass is 10.1. The van der Waals surface area contributed by atoms with E-state index in [9.17, 15) is 14.4 Å². The van der Waals surface area contributed by atoms with Gasteiger partial charge in [0.15, 0.2) is 0 Å². The molecule has 2 rings (SSSR count). The zero-order chi connectivity index (χ0) is 14.9. The van der Waals surface area contributed by atoms with Crippen LogP contribution in [0.5, 0.6) is 0 Å². The molecule has 0 spiro atoms. The fourth-order valence-corrected chi connectivity index (χ4v) is 2.57. The third kappa shape index (κ3) is 3.01. The van der Waals surface area contributed by atoms with Gasteiger partial charge in [-0.2, -0.15) is 0 Å². The zero-order valence-electron chi connectivity index (χ0n) is 11.1. The number of hydrogen-bond acceptors (Lipinski definition) is 5. The first-order valence-corrected chi connectivity index (χ1v) is 7.05. The van der Waals surface area contributed by atoms with Crippen molar-refractivity contribution in [3.05, 3.63) is 31.5 Å². The number of carbonyl (C=O) groups is 1. The van der Waals surface area contributed by atoms with Crippen LogP contribution in [-0.4, -0.2) is 27.7 Å². The second kappa shape index (κ2) is 5.92. The predicted octanol–water partition coefficient (Wildman–Crippen LogP) is 0.928. The predicted molar refractivity (Wildman–Crippen MR) is 73.4 cm³/mol. The largest absolute Gasteiger partial charge is 0.460 e. The van der Waals surface area contributed by atoms with E-state index in [1.165, 1.54) is 17.7 Å². The molecule has 7 nitrogen and oxygen atoms in total. The molecule has 2 heterocycles. The van der Waals surface area contributed by atoms with Crippen molar-refractivity contribution in [3.63, 3.8) is 0 Å². The third-order valence-corrected chi connectivity index (χ3v) is 3.70. The fraction of sp³-hybridized carbons (Fsp3) is 0.583. The fourth-order valence-electron chi connectivity index (χ4n) is 2.25. The molecule has 1 aliphatic rings. The molecule has 1 aromatic heterocycles. The van der Waals surface area contributed by atoms with Gasteiger partial charge in [-0.25, -0.2) is 4.79 Å². The molecule has 1 N–H and O–H groups in total. The summed E-state index contributed by atoms with van der Waals surface area (Å²) in [4.78, 5) is 36.4. The monoisotopic (exact) mass is 346 g/mol. The molecule has 8 heteroatoms. The van der Waals surface area contributed by atoms with Crippen molar-refractivity contribution in [1.82, 2.24) is 9.55 Å². The lowest BCUT2D eigenvalue weighted by Gasteiger charge is -2.16. The van der Waals surface area contributed by atoms with Gasteiger partial charge in [0.05, 0.1) is 10.6 Å². The number of nitrogens with one attached hydrogen (secondary N) is 1. The van der Waals surface area contributed by atoms with E-state index in [1.54, 1.807) is 0 Å². The van der Waals surface area contributed by atoms with Crippen molar-refractivity contribution in [3.8, 4) is 0 Å². The molecule has 20 heavy (non-hydrogen) atoms. The van der Waals surface area contributed by atoms with Gasteiger partial charge in [-0.15, -0.1) is 0 Å². The summed E-state index contributed by atoms with van der Waals surface area (Å²) in [6, 6.07) is 0. The lowest BCUT2D eigenvalue weighted by molar-refractivity contribution is -0.149. The Labute approximate surface area is 123 Å². The molecule has 1 aliphatic heterocycles. The second-order valence-electron chi connectivity index (χ2n) is 4.56. The molecule has 3 atom stereocenters. The number of halogens is 1. The molecule has 1 fully saturated rings. The molecule has 0 aliphatic carbocycles. The van der Waals surface area contributed by atoms with Crippen LogP contribution in [0.15, 0.2) is 20.3 Å². The number of hydrogen-bond donors (Lipinski definition) is 1. The first kappa shape index (κ1) is 15.0. The summed E-state index contributed by atoms with van der Waals surface area (Å²) in [5.41, 5.74) is -1.05. The Bertz CT molecular complexity index is 623. The number of nitrogens with zero attached hydrogens (tertiary/aromatic N) is 1. The molecule has 0 radical (unpaired) electrons. The zero-order valence-corrected chi connectivity index (χ0v) is 12.7. The second-order valence-corrected chi connectivity index (χ2v) is 5.42. The highest BCUT2D eigenvalue weighted by atomic mass is 79.9. The third-order valence-electron chi connectivity index (χ3n) is 3.13. The first-order valence-electron chi connectivity index (χ1n) is 6.26. The number of aromatic amines is 1. The molecule has 1 saturated heterocycles. The summed E-state index contributed by atoms with van der Waals surface area (Å²) < 4.78 is 12.5. The standard InChI is InChI=1S/C12H15BrN2O5/c1-3-8-9(19-6(2)16)4-10(20-8)15-5-7(13)11(17)14-12(15)18/h5,8-10H,3-4H2,1-2H3,(H,14,17,18)/t8-,9?,10-/m1/s1. The quantitative estimate of drug-likeness (QED) is 0.822. The van der Waals surface area contributed by atoms with Gasteiger partial charge in [-0.05, 0) is 22.4 Å². The van der Waals surface area contributed by atoms with Gasteiger partial charge >= 0.3 is 11.7 Å². The van der Waals surface area contributed by atoms with Gasteiger partial charge in [0.25, 0.3) is 5.56 Å². The number of ether oxygens (including phenoxy) is 2. The van der Waals surface area contributed by atoms with E-state index < -0.39 is 17.5 Å². The highest BCUT2D eigenvalue weighted by molar-refractivity contribution is 9.10. The normalized spacial score (nSPS) is 25.6. The highest BCUT2D eigenvalue weighted by Crippen LogP contribution is 2.31. The van der Waals surface area contributed by atoms with Gasteiger partial charge in [0.2, 0.25) is 0 Å². The number of H-pyrrole nitrogens is 1. The van der Waals surface area contributed by atoms with Crippen molar-refractivity contribution in [2.45, 2.75) is 45.1 Å². The maximum Gasteiger partial charge on any atom is 0.330 e. The van der Waals surface area contributed by atoms with Gasteiger partial charge < -0.3 is 9.47 Å². The first-order chi connectivity index (χ1) is 9.42. The van der Waals surface area contributed by atoms with Crippen molar-refractivity contribution in [1.29, 1.82) is 0 Å². The van der Waals surface area contributed by atoms with Crippen molar-refractivity contribution in [2.24, 2.45) is 0 Å². The van der Waals surface area contributed by atoms with Crippen LogP contribution in [-0.2, 0) is 14.3 Å². The van der Waals surface area contributed by atoms with E-state index in [0.29, 0.717) is 12.8 Å². The van der Waals surface area contributed by atoms with Gasteiger partial charge in [-0.1, -0.05) is 6.92 Å². The Morgan fingerprint density at radius 1 is 1.60 bits per heavy atom. The number of carbonyl (C=O) groups excluding carboxylic acids is 1. The number of rotatable bonds is 3. The molecule has 1 unspecified atom stereocenters. The molecule has 0 amide bonds. The summed E-state index contributed by atoms with van der Waals surface area (Å²) in [6.07, 6.45) is 1.20. The van der Waals surface area contributed by atoms with E-state index in [-0.39, 0.29) is 22.6 Å². The van der Waals surface area contributed by atoms with Crippen molar-refractivity contribution < 1.29 is 14.3 Å². The maximum absolute atomic E-state index is 11.8. The summed E-state index contributed by atoms with van der Waals surface area (Å²) in [5.74, 6) is -0.382. The average molecular weight is 347 g/mol. The maximum atomic E-state index is 11.8. The minimum atomic E-state index is -0.565. The number of esters is 1. The summed E-state index contributed by atoms with van der Waals surface area (Å²) in [5, 5.41) is 0. The summed E-state index contributed by atoms with van der Waals surface area (Å²) in [7, 11) is 0. The van der Waals surface area contributed by atoms with E-state index in [0.717, 1.165) is 0 Å². The van der Waals surface area contributed by atoms with Crippen LogP contribution in [0, 0.1) is 0 Å². The Balaban J connectivity index is 2.27. The molecule has 0 aromatic carbocycles. The van der Waals surface area contributed by atoms with Crippen molar-refractivity contribution >= 4 is 21.9 Å². The van der Waals surface area contributed by atoms with E-state index in [2.05, 4.69) is 20.9 Å². The molecular weight excluding hydrogens is 332 g/mol. The van der Waals surface area contributed by atoms with Crippen LogP contribution >= 0.6 is 15.9 Å². The van der Waals surface area contributed by atoms with Crippen LogP contribution in [0.4, 0.5) is 0 Å². The van der Waals surface area contributed by atoms with Gasteiger partial charge in [-0.3, -0.25) is 19.1 Å². The Hall–Kier alpha value is -1.41. The molecule has 1 aromatic rings. The molecule has 110 valence electrons.